The minimum absolute atomic E-state index is 0.101. The Kier molecular flexibility index (Phi) is 7.19. The molecule has 0 bridgehead atoms. The molecule has 1 unspecified atom stereocenters. The highest BCUT2D eigenvalue weighted by atomic mass is 16.5. The Morgan fingerprint density at radius 2 is 2.16 bits per heavy atom. The molecule has 0 aliphatic carbocycles. The second kappa shape index (κ2) is 8.70. The molecule has 3 nitrogen and oxygen atoms in total. The molecule has 1 atom stereocenters. The Morgan fingerprint density at radius 3 is 2.84 bits per heavy atom. The fraction of sp³-hybridized carbons (Fsp3) is 0.562. The quantitative estimate of drug-likeness (QED) is 0.548. The Balaban J connectivity index is 2.45. The highest BCUT2D eigenvalue weighted by Gasteiger charge is 2.08. The number of nitrogens with two attached hydrogens (primary N) is 1. The SMILES string of the molecule is C=CCCCCCOc1ccc(C)nc1CC(C)N. The minimum atomic E-state index is 0.101. The first kappa shape index (κ1) is 15.7. The third kappa shape index (κ3) is 6.39. The van der Waals surface area contributed by atoms with Crippen molar-refractivity contribution in [3.8, 4) is 5.75 Å². The van der Waals surface area contributed by atoms with E-state index >= 15 is 0 Å². The summed E-state index contributed by atoms with van der Waals surface area (Å²) >= 11 is 0. The maximum atomic E-state index is 5.85. The second-order valence-electron chi connectivity index (χ2n) is 5.07. The number of nitrogens with zero attached hydrogens (tertiary/aromatic N) is 1. The van der Waals surface area contributed by atoms with Crippen molar-refractivity contribution >= 4 is 0 Å². The highest BCUT2D eigenvalue weighted by molar-refractivity contribution is 5.29. The summed E-state index contributed by atoms with van der Waals surface area (Å²) in [5.74, 6) is 0.881. The van der Waals surface area contributed by atoms with Crippen LogP contribution in [-0.4, -0.2) is 17.6 Å². The number of aryl methyl sites for hydroxylation is 1. The van der Waals surface area contributed by atoms with E-state index in [4.69, 9.17) is 10.5 Å². The van der Waals surface area contributed by atoms with Gasteiger partial charge in [0.05, 0.1) is 12.3 Å². The van der Waals surface area contributed by atoms with Crippen molar-refractivity contribution in [3.63, 3.8) is 0 Å². The largest absolute Gasteiger partial charge is 0.492 e. The monoisotopic (exact) mass is 262 g/mol. The number of rotatable bonds is 9. The van der Waals surface area contributed by atoms with Crippen LogP contribution in [0.5, 0.6) is 5.75 Å². The number of ether oxygens (including phenoxy) is 1. The molecule has 1 aromatic rings. The van der Waals surface area contributed by atoms with E-state index < -0.39 is 0 Å². The molecule has 0 aromatic carbocycles. The molecule has 1 heterocycles. The van der Waals surface area contributed by atoms with Crippen LogP contribution >= 0.6 is 0 Å². The maximum Gasteiger partial charge on any atom is 0.140 e. The second-order valence-corrected chi connectivity index (χ2v) is 5.07. The molecule has 0 amide bonds. The van der Waals surface area contributed by atoms with Gasteiger partial charge in [0.1, 0.15) is 5.75 Å². The van der Waals surface area contributed by atoms with Crippen LogP contribution in [0.25, 0.3) is 0 Å². The van der Waals surface area contributed by atoms with Crippen LogP contribution in [0.15, 0.2) is 24.8 Å². The molecule has 1 aromatic heterocycles. The van der Waals surface area contributed by atoms with Gasteiger partial charge in [0, 0.05) is 18.2 Å². The lowest BCUT2D eigenvalue weighted by atomic mass is 10.1. The van der Waals surface area contributed by atoms with Gasteiger partial charge in [0.2, 0.25) is 0 Å². The summed E-state index contributed by atoms with van der Waals surface area (Å²) in [6, 6.07) is 4.09. The molecule has 0 saturated heterocycles. The van der Waals surface area contributed by atoms with E-state index in [0.29, 0.717) is 0 Å². The Labute approximate surface area is 116 Å². The van der Waals surface area contributed by atoms with Gasteiger partial charge in [-0.2, -0.15) is 0 Å². The third-order valence-electron chi connectivity index (χ3n) is 2.90. The number of unbranched alkanes of at least 4 members (excludes halogenated alkanes) is 3. The molecular formula is C16H26N2O. The molecule has 2 N–H and O–H groups in total. The van der Waals surface area contributed by atoms with Gasteiger partial charge in [-0.05, 0) is 51.7 Å². The number of allylic oxidation sites excluding steroid dienone is 1. The van der Waals surface area contributed by atoms with E-state index in [9.17, 15) is 0 Å². The first-order valence-corrected chi connectivity index (χ1v) is 7.09. The van der Waals surface area contributed by atoms with Gasteiger partial charge in [-0.1, -0.05) is 6.08 Å². The Hall–Kier alpha value is -1.35. The third-order valence-corrected chi connectivity index (χ3v) is 2.90. The summed E-state index contributed by atoms with van der Waals surface area (Å²) in [7, 11) is 0. The summed E-state index contributed by atoms with van der Waals surface area (Å²) < 4.78 is 5.83. The molecule has 0 radical (unpaired) electrons. The summed E-state index contributed by atoms with van der Waals surface area (Å²) in [5.41, 5.74) is 7.83. The zero-order valence-electron chi connectivity index (χ0n) is 12.2. The van der Waals surface area contributed by atoms with Crippen LogP contribution in [0.4, 0.5) is 0 Å². The van der Waals surface area contributed by atoms with Crippen LogP contribution in [0.1, 0.15) is 44.0 Å². The number of hydrogen-bond acceptors (Lipinski definition) is 3. The average molecular weight is 262 g/mol. The van der Waals surface area contributed by atoms with Gasteiger partial charge < -0.3 is 10.5 Å². The van der Waals surface area contributed by atoms with Gasteiger partial charge in [-0.25, -0.2) is 0 Å². The number of aromatic nitrogens is 1. The van der Waals surface area contributed by atoms with Gasteiger partial charge in [0.15, 0.2) is 0 Å². The summed E-state index contributed by atoms with van der Waals surface area (Å²) in [6.07, 6.45) is 7.24. The first-order chi connectivity index (χ1) is 9.13. The highest BCUT2D eigenvalue weighted by Crippen LogP contribution is 2.19. The zero-order chi connectivity index (χ0) is 14.1. The molecule has 0 fully saturated rings. The van der Waals surface area contributed by atoms with Crippen molar-refractivity contribution in [2.24, 2.45) is 5.73 Å². The van der Waals surface area contributed by atoms with Crippen molar-refractivity contribution in [1.82, 2.24) is 4.98 Å². The lowest BCUT2D eigenvalue weighted by Crippen LogP contribution is -2.19. The average Bonchev–Trinajstić information content (AvgIpc) is 2.35. The fourth-order valence-electron chi connectivity index (χ4n) is 1.93. The van der Waals surface area contributed by atoms with Crippen molar-refractivity contribution in [2.75, 3.05) is 6.61 Å². The zero-order valence-corrected chi connectivity index (χ0v) is 12.2. The smallest absolute Gasteiger partial charge is 0.140 e. The van der Waals surface area contributed by atoms with Gasteiger partial charge in [-0.15, -0.1) is 6.58 Å². The molecule has 0 saturated carbocycles. The van der Waals surface area contributed by atoms with Crippen molar-refractivity contribution in [1.29, 1.82) is 0 Å². The van der Waals surface area contributed by atoms with Gasteiger partial charge in [-0.3, -0.25) is 4.98 Å². The molecule has 1 rings (SSSR count). The first-order valence-electron chi connectivity index (χ1n) is 7.09. The molecule has 0 spiro atoms. The predicted octanol–water partition coefficient (Wildman–Crippen LogP) is 3.40. The van der Waals surface area contributed by atoms with Crippen molar-refractivity contribution in [2.45, 2.75) is 52.0 Å². The van der Waals surface area contributed by atoms with E-state index in [2.05, 4.69) is 11.6 Å². The van der Waals surface area contributed by atoms with E-state index in [1.54, 1.807) is 0 Å². The molecule has 3 heteroatoms. The van der Waals surface area contributed by atoms with Crippen molar-refractivity contribution in [3.05, 3.63) is 36.2 Å². The number of pyridine rings is 1. The lowest BCUT2D eigenvalue weighted by molar-refractivity contribution is 0.300. The predicted molar refractivity (Wildman–Crippen MR) is 80.5 cm³/mol. The summed E-state index contributed by atoms with van der Waals surface area (Å²) in [5, 5.41) is 0. The summed E-state index contributed by atoms with van der Waals surface area (Å²) in [4.78, 5) is 4.52. The molecule has 106 valence electrons. The Morgan fingerprint density at radius 1 is 1.37 bits per heavy atom. The normalized spacial score (nSPS) is 12.2. The molecule has 19 heavy (non-hydrogen) atoms. The van der Waals surface area contributed by atoms with Crippen LogP contribution in [0, 0.1) is 6.92 Å². The fourth-order valence-corrected chi connectivity index (χ4v) is 1.93. The van der Waals surface area contributed by atoms with Gasteiger partial charge in [0.25, 0.3) is 0 Å². The lowest BCUT2D eigenvalue weighted by Gasteiger charge is -2.13. The van der Waals surface area contributed by atoms with Crippen molar-refractivity contribution < 1.29 is 4.74 Å². The standard InChI is InChI=1S/C16H26N2O/c1-4-5-6-7-8-11-19-16-10-9-14(3)18-15(16)12-13(2)17/h4,9-10,13H,1,5-8,11-12,17H2,2-3H3. The van der Waals surface area contributed by atoms with Crippen LogP contribution in [0.2, 0.25) is 0 Å². The van der Waals surface area contributed by atoms with E-state index in [-0.39, 0.29) is 6.04 Å². The Bertz CT molecular complexity index is 388. The number of hydrogen-bond donors (Lipinski definition) is 1. The van der Waals surface area contributed by atoms with Crippen LogP contribution in [0.3, 0.4) is 0 Å². The van der Waals surface area contributed by atoms with Gasteiger partial charge >= 0.3 is 0 Å². The summed E-state index contributed by atoms with van der Waals surface area (Å²) in [6.45, 7) is 8.44. The minimum Gasteiger partial charge on any atom is -0.492 e. The molecule has 0 aliphatic rings. The van der Waals surface area contributed by atoms with E-state index in [1.165, 1.54) is 12.8 Å². The molecular weight excluding hydrogens is 236 g/mol. The van der Waals surface area contributed by atoms with E-state index in [1.807, 2.05) is 32.1 Å². The molecule has 0 aliphatic heterocycles. The van der Waals surface area contributed by atoms with E-state index in [0.717, 1.165) is 43.0 Å². The topological polar surface area (TPSA) is 48.1 Å². The maximum absolute atomic E-state index is 5.85. The van der Waals surface area contributed by atoms with Crippen LogP contribution in [-0.2, 0) is 6.42 Å². The van der Waals surface area contributed by atoms with Crippen LogP contribution < -0.4 is 10.5 Å².